The number of allylic oxidation sites excluding steroid dienone is 3. The van der Waals surface area contributed by atoms with Gasteiger partial charge in [-0.2, -0.15) is 0 Å². The summed E-state index contributed by atoms with van der Waals surface area (Å²) in [7, 11) is 0. The van der Waals surface area contributed by atoms with Gasteiger partial charge in [0.2, 0.25) is 0 Å². The van der Waals surface area contributed by atoms with Crippen LogP contribution in [-0.2, 0) is 0 Å². The molecule has 0 N–H and O–H groups in total. The van der Waals surface area contributed by atoms with E-state index in [0.29, 0.717) is 12.0 Å². The molecule has 1 rings (SSSR count). The summed E-state index contributed by atoms with van der Waals surface area (Å²) in [5.41, 5.74) is 0.187. The zero-order valence-electron chi connectivity index (χ0n) is 11.8. The summed E-state index contributed by atoms with van der Waals surface area (Å²) >= 11 is 0. The Kier molecular flexibility index (Phi) is 5.67. The molecule has 1 nitrogen and oxygen atoms in total. The number of nitrogens with zero attached hydrogens (tertiary/aromatic N) is 1. The van der Waals surface area contributed by atoms with E-state index in [9.17, 15) is 0 Å². The molecule has 0 aliphatic carbocycles. The van der Waals surface area contributed by atoms with Gasteiger partial charge in [0.15, 0.2) is 0 Å². The first-order chi connectivity index (χ1) is 8.01. The highest BCUT2D eigenvalue weighted by Crippen LogP contribution is 2.21. The third kappa shape index (κ3) is 5.86. The Morgan fingerprint density at radius 3 is 2.35 bits per heavy atom. The van der Waals surface area contributed by atoms with Crippen molar-refractivity contribution in [3.05, 3.63) is 24.3 Å². The highest BCUT2D eigenvalue weighted by atomic mass is 14.8. The topological polar surface area (TPSA) is 12.4 Å². The molecule has 0 amide bonds. The van der Waals surface area contributed by atoms with Crippen molar-refractivity contribution in [2.75, 3.05) is 0 Å². The van der Waals surface area contributed by atoms with Crippen molar-refractivity contribution < 1.29 is 0 Å². The Labute approximate surface area is 107 Å². The smallest absolute Gasteiger partial charge is 0.0553 e. The van der Waals surface area contributed by atoms with Gasteiger partial charge in [-0.05, 0) is 31.6 Å². The van der Waals surface area contributed by atoms with Gasteiger partial charge in [0.25, 0.3) is 0 Å². The molecule has 0 bridgehead atoms. The quantitative estimate of drug-likeness (QED) is 0.577. The average molecular weight is 233 g/mol. The molecule has 0 radical (unpaired) electrons. The van der Waals surface area contributed by atoms with Crippen molar-refractivity contribution in [2.24, 2.45) is 16.3 Å². The lowest BCUT2D eigenvalue weighted by atomic mass is 9.90. The van der Waals surface area contributed by atoms with Crippen LogP contribution in [-0.4, -0.2) is 12.3 Å². The Bertz CT molecular complexity index is 295. The minimum atomic E-state index is 0.187. The third-order valence-corrected chi connectivity index (χ3v) is 3.24. The molecular formula is C16H27N. The third-order valence-electron chi connectivity index (χ3n) is 3.24. The van der Waals surface area contributed by atoms with E-state index >= 15 is 0 Å². The van der Waals surface area contributed by atoms with E-state index in [1.807, 2.05) is 0 Å². The molecule has 1 heteroatoms. The van der Waals surface area contributed by atoms with Crippen molar-refractivity contribution in [1.29, 1.82) is 0 Å². The van der Waals surface area contributed by atoms with Crippen LogP contribution in [0.4, 0.5) is 0 Å². The van der Waals surface area contributed by atoms with Crippen molar-refractivity contribution in [2.45, 2.75) is 59.4 Å². The molecule has 0 spiro atoms. The maximum absolute atomic E-state index is 4.80. The van der Waals surface area contributed by atoms with Crippen LogP contribution in [0.2, 0.25) is 0 Å². The number of rotatable bonds is 1. The highest BCUT2D eigenvalue weighted by Gasteiger charge is 2.15. The van der Waals surface area contributed by atoms with Crippen molar-refractivity contribution in [1.82, 2.24) is 0 Å². The van der Waals surface area contributed by atoms with Crippen molar-refractivity contribution >= 4 is 6.21 Å². The van der Waals surface area contributed by atoms with Crippen LogP contribution in [0, 0.1) is 11.3 Å². The second-order valence-electron chi connectivity index (χ2n) is 6.04. The SMILES string of the molecule is CC(C)C1C/C=C\CC/C=C\CC(C)(C)C=N1. The van der Waals surface area contributed by atoms with Crippen molar-refractivity contribution in [3.8, 4) is 0 Å². The van der Waals surface area contributed by atoms with Gasteiger partial charge in [-0.15, -0.1) is 0 Å². The Morgan fingerprint density at radius 2 is 1.71 bits per heavy atom. The van der Waals surface area contributed by atoms with Gasteiger partial charge in [0.1, 0.15) is 0 Å². The first-order valence-corrected chi connectivity index (χ1v) is 6.85. The standard InChI is InChI=1S/C16H27N/c1-14(2)15-11-9-7-5-6-8-10-12-16(3,4)13-17-15/h7-10,13-15H,5-6,11-12H2,1-4H3/b9-7-,10-8-,17-13?. The zero-order valence-corrected chi connectivity index (χ0v) is 11.8. The fraction of sp³-hybridized carbons (Fsp3) is 0.688. The predicted molar refractivity (Wildman–Crippen MR) is 77.6 cm³/mol. The molecule has 0 saturated heterocycles. The predicted octanol–water partition coefficient (Wildman–Crippen LogP) is 4.79. The lowest BCUT2D eigenvalue weighted by Crippen LogP contribution is -2.17. The summed E-state index contributed by atoms with van der Waals surface area (Å²) < 4.78 is 0. The van der Waals surface area contributed by atoms with Gasteiger partial charge < -0.3 is 0 Å². The molecule has 0 saturated carbocycles. The fourth-order valence-electron chi connectivity index (χ4n) is 1.91. The number of aliphatic imine (C=N–C) groups is 1. The molecule has 1 aliphatic rings. The summed E-state index contributed by atoms with van der Waals surface area (Å²) in [5, 5.41) is 0. The van der Waals surface area contributed by atoms with Crippen LogP contribution in [0.1, 0.15) is 53.4 Å². The van der Waals surface area contributed by atoms with Gasteiger partial charge in [0.05, 0.1) is 6.04 Å². The van der Waals surface area contributed by atoms with Gasteiger partial charge in [-0.1, -0.05) is 52.0 Å². The lowest BCUT2D eigenvalue weighted by Gasteiger charge is -2.21. The monoisotopic (exact) mass is 233 g/mol. The molecule has 0 aromatic heterocycles. The van der Waals surface area contributed by atoms with Gasteiger partial charge >= 0.3 is 0 Å². The second kappa shape index (κ2) is 6.78. The lowest BCUT2D eigenvalue weighted by molar-refractivity contribution is 0.484. The van der Waals surface area contributed by atoms with E-state index in [1.165, 1.54) is 0 Å². The molecule has 1 unspecified atom stereocenters. The molecule has 0 aromatic carbocycles. The van der Waals surface area contributed by atoms with Crippen molar-refractivity contribution in [3.63, 3.8) is 0 Å². The summed E-state index contributed by atoms with van der Waals surface area (Å²) in [6.45, 7) is 9.04. The molecule has 1 atom stereocenters. The van der Waals surface area contributed by atoms with Crippen LogP contribution >= 0.6 is 0 Å². The number of hydrogen-bond acceptors (Lipinski definition) is 1. The second-order valence-corrected chi connectivity index (χ2v) is 6.04. The Hall–Kier alpha value is -0.850. The van der Waals surface area contributed by atoms with E-state index in [1.54, 1.807) is 0 Å². The Balaban J connectivity index is 2.78. The zero-order chi connectivity index (χ0) is 12.7. The number of hydrogen-bond donors (Lipinski definition) is 0. The maximum atomic E-state index is 4.80. The summed E-state index contributed by atoms with van der Waals surface area (Å²) in [6, 6.07) is 0.439. The van der Waals surface area contributed by atoms with Crippen LogP contribution in [0.15, 0.2) is 29.3 Å². The maximum Gasteiger partial charge on any atom is 0.0553 e. The minimum absolute atomic E-state index is 0.187. The fourth-order valence-corrected chi connectivity index (χ4v) is 1.91. The first kappa shape index (κ1) is 14.2. The Morgan fingerprint density at radius 1 is 1.06 bits per heavy atom. The normalized spacial score (nSPS) is 29.4. The van der Waals surface area contributed by atoms with E-state index in [-0.39, 0.29) is 5.41 Å². The molecule has 0 fully saturated rings. The van der Waals surface area contributed by atoms with Crippen LogP contribution in [0.25, 0.3) is 0 Å². The van der Waals surface area contributed by atoms with Crippen LogP contribution in [0.3, 0.4) is 0 Å². The van der Waals surface area contributed by atoms with E-state index < -0.39 is 0 Å². The van der Waals surface area contributed by atoms with Gasteiger partial charge in [-0.3, -0.25) is 4.99 Å². The molecule has 1 aliphatic heterocycles. The molecule has 1 heterocycles. The highest BCUT2D eigenvalue weighted by molar-refractivity contribution is 5.65. The summed E-state index contributed by atoms with van der Waals surface area (Å²) in [5.74, 6) is 0.616. The largest absolute Gasteiger partial charge is 0.293 e. The molecule has 96 valence electrons. The minimum Gasteiger partial charge on any atom is -0.293 e. The first-order valence-electron chi connectivity index (χ1n) is 6.85. The molecule has 17 heavy (non-hydrogen) atoms. The van der Waals surface area contributed by atoms with Crippen LogP contribution in [0.5, 0.6) is 0 Å². The van der Waals surface area contributed by atoms with Crippen LogP contribution < -0.4 is 0 Å². The van der Waals surface area contributed by atoms with E-state index in [4.69, 9.17) is 4.99 Å². The van der Waals surface area contributed by atoms with E-state index in [2.05, 4.69) is 58.2 Å². The molecular weight excluding hydrogens is 206 g/mol. The van der Waals surface area contributed by atoms with Gasteiger partial charge in [-0.25, -0.2) is 0 Å². The van der Waals surface area contributed by atoms with E-state index in [0.717, 1.165) is 25.7 Å². The molecule has 0 aromatic rings. The van der Waals surface area contributed by atoms with Gasteiger partial charge in [0, 0.05) is 11.6 Å². The average Bonchev–Trinajstić information content (AvgIpc) is 2.23. The summed E-state index contributed by atoms with van der Waals surface area (Å²) in [4.78, 5) is 4.80. The summed E-state index contributed by atoms with van der Waals surface area (Å²) in [6.07, 6.45) is 15.8.